The van der Waals surface area contributed by atoms with Crippen LogP contribution in [0.1, 0.15) is 12.8 Å². The average Bonchev–Trinajstić information content (AvgIpc) is 3.14. The number of piperidine rings is 1. The minimum Gasteiger partial charge on any atom is -0.355 e. The summed E-state index contributed by atoms with van der Waals surface area (Å²) in [5.74, 6) is 0.630. The highest BCUT2D eigenvalue weighted by atomic mass is 16.1. The number of pyridine rings is 1. The molecule has 1 amide bonds. The molecule has 1 fully saturated rings. The van der Waals surface area contributed by atoms with E-state index in [1.165, 1.54) is 0 Å². The molecule has 126 valence electrons. The van der Waals surface area contributed by atoms with Crippen LogP contribution in [0, 0.1) is 17.2 Å². The van der Waals surface area contributed by atoms with E-state index in [2.05, 4.69) is 30.2 Å². The molecule has 2 N–H and O–H groups in total. The summed E-state index contributed by atoms with van der Waals surface area (Å²) in [4.78, 5) is 30.7. The average molecular weight is 335 g/mol. The SMILES string of the molecule is N#CCNC(=O)C1CCCN(c2nc[nH]c3cnc4nccc4c23)C1. The molecule has 0 aromatic carbocycles. The molecule has 0 radical (unpaired) electrons. The zero-order chi connectivity index (χ0) is 17.2. The molecule has 8 nitrogen and oxygen atoms in total. The zero-order valence-electron chi connectivity index (χ0n) is 13.6. The number of fused-ring (bicyclic) bond motifs is 3. The van der Waals surface area contributed by atoms with E-state index in [0.717, 1.165) is 41.5 Å². The molecule has 3 aromatic rings. The van der Waals surface area contributed by atoms with Gasteiger partial charge in [-0.3, -0.25) is 4.79 Å². The lowest BCUT2D eigenvalue weighted by molar-refractivity contribution is -0.125. The normalized spacial score (nSPS) is 17.6. The first-order valence-electron chi connectivity index (χ1n) is 8.24. The quantitative estimate of drug-likeness (QED) is 0.699. The van der Waals surface area contributed by atoms with Gasteiger partial charge in [0.15, 0.2) is 5.65 Å². The van der Waals surface area contributed by atoms with Gasteiger partial charge in [0.2, 0.25) is 5.91 Å². The minimum absolute atomic E-state index is 0.0439. The van der Waals surface area contributed by atoms with Crippen LogP contribution >= 0.6 is 0 Å². The maximum atomic E-state index is 12.2. The van der Waals surface area contributed by atoms with Gasteiger partial charge >= 0.3 is 0 Å². The molecule has 1 aliphatic heterocycles. The van der Waals surface area contributed by atoms with E-state index in [9.17, 15) is 4.79 Å². The number of H-pyrrole nitrogens is 1. The zero-order valence-corrected chi connectivity index (χ0v) is 13.6. The van der Waals surface area contributed by atoms with Gasteiger partial charge in [0, 0.05) is 24.7 Å². The Morgan fingerprint density at radius 2 is 2.36 bits per heavy atom. The van der Waals surface area contributed by atoms with E-state index in [4.69, 9.17) is 5.26 Å². The lowest BCUT2D eigenvalue weighted by Crippen LogP contribution is -2.43. The van der Waals surface area contributed by atoms with Gasteiger partial charge in [-0.05, 0) is 18.9 Å². The van der Waals surface area contributed by atoms with Gasteiger partial charge in [0.05, 0.1) is 35.4 Å². The summed E-state index contributed by atoms with van der Waals surface area (Å²) >= 11 is 0. The van der Waals surface area contributed by atoms with Crippen LogP contribution in [0.5, 0.6) is 0 Å². The van der Waals surface area contributed by atoms with E-state index in [-0.39, 0.29) is 18.4 Å². The number of hydrogen-bond donors (Lipinski definition) is 2. The van der Waals surface area contributed by atoms with Gasteiger partial charge in [-0.15, -0.1) is 0 Å². The number of nitrogens with one attached hydrogen (secondary N) is 2. The number of rotatable bonds is 3. The van der Waals surface area contributed by atoms with Crippen LogP contribution in [0.4, 0.5) is 5.82 Å². The first-order chi connectivity index (χ1) is 12.3. The molecular weight excluding hydrogens is 318 g/mol. The highest BCUT2D eigenvalue weighted by molar-refractivity contribution is 6.08. The summed E-state index contributed by atoms with van der Waals surface area (Å²) in [6, 6.07) is 3.88. The maximum Gasteiger partial charge on any atom is 0.225 e. The third kappa shape index (κ3) is 2.74. The van der Waals surface area contributed by atoms with Gasteiger partial charge in [0.1, 0.15) is 12.4 Å². The van der Waals surface area contributed by atoms with Crippen molar-refractivity contribution < 1.29 is 4.79 Å². The molecule has 8 heteroatoms. The van der Waals surface area contributed by atoms with Crippen molar-refractivity contribution in [2.45, 2.75) is 12.8 Å². The number of carbonyl (C=O) groups excluding carboxylic acids is 1. The van der Waals surface area contributed by atoms with Crippen molar-refractivity contribution in [3.05, 3.63) is 24.8 Å². The minimum atomic E-state index is -0.141. The molecule has 4 heterocycles. The number of amides is 1. The fourth-order valence-corrected chi connectivity index (χ4v) is 3.43. The van der Waals surface area contributed by atoms with Crippen LogP contribution in [-0.4, -0.2) is 45.5 Å². The number of aromatic nitrogens is 4. The fraction of sp³-hybridized carbons (Fsp3) is 0.353. The number of carbonyl (C=O) groups is 1. The molecule has 0 spiro atoms. The third-order valence-corrected chi connectivity index (χ3v) is 4.60. The highest BCUT2D eigenvalue weighted by Crippen LogP contribution is 2.31. The molecular formula is C17H17N7O. The Labute approximate surface area is 143 Å². The van der Waals surface area contributed by atoms with Crippen molar-refractivity contribution in [3.8, 4) is 6.07 Å². The highest BCUT2D eigenvalue weighted by Gasteiger charge is 2.27. The van der Waals surface area contributed by atoms with E-state index in [0.29, 0.717) is 12.2 Å². The smallest absolute Gasteiger partial charge is 0.225 e. The number of anilines is 1. The van der Waals surface area contributed by atoms with Crippen LogP contribution in [0.25, 0.3) is 21.9 Å². The van der Waals surface area contributed by atoms with E-state index < -0.39 is 0 Å². The molecule has 4 rings (SSSR count). The second kappa shape index (κ2) is 6.36. The number of nitrogens with zero attached hydrogens (tertiary/aromatic N) is 5. The predicted octanol–water partition coefficient (Wildman–Crippen LogP) is 1.36. The van der Waals surface area contributed by atoms with Gasteiger partial charge in [-0.25, -0.2) is 15.0 Å². The topological polar surface area (TPSA) is 111 Å². The molecule has 1 atom stereocenters. The number of hydrogen-bond acceptors (Lipinski definition) is 6. The Hall–Kier alpha value is -3.21. The van der Waals surface area contributed by atoms with Gasteiger partial charge < -0.3 is 15.2 Å². The lowest BCUT2D eigenvalue weighted by Gasteiger charge is -2.33. The van der Waals surface area contributed by atoms with Crippen molar-refractivity contribution in [3.63, 3.8) is 0 Å². The second-order valence-electron chi connectivity index (χ2n) is 6.12. The Morgan fingerprint density at radius 3 is 3.24 bits per heavy atom. The summed E-state index contributed by atoms with van der Waals surface area (Å²) in [5.41, 5.74) is 1.58. The van der Waals surface area contributed by atoms with Gasteiger partial charge in [-0.1, -0.05) is 0 Å². The summed E-state index contributed by atoms with van der Waals surface area (Å²) in [5, 5.41) is 13.2. The number of aromatic amines is 1. The predicted molar refractivity (Wildman–Crippen MR) is 92.7 cm³/mol. The fourth-order valence-electron chi connectivity index (χ4n) is 3.43. The van der Waals surface area contributed by atoms with Crippen LogP contribution < -0.4 is 10.2 Å². The van der Waals surface area contributed by atoms with Crippen LogP contribution in [0.3, 0.4) is 0 Å². The lowest BCUT2D eigenvalue weighted by atomic mass is 9.96. The van der Waals surface area contributed by atoms with Crippen molar-refractivity contribution in [1.82, 2.24) is 25.3 Å². The Balaban J connectivity index is 1.70. The Kier molecular flexibility index (Phi) is 3.90. The van der Waals surface area contributed by atoms with Crippen LogP contribution in [0.15, 0.2) is 24.8 Å². The standard InChI is InChI=1S/C17H17N7O/c18-4-6-20-17(25)11-2-1-7-24(9-11)16-14-12-3-5-19-15(12)21-8-13(14)22-10-23-16/h3,5,8,10-11H,1-2,6-7,9H2,(H,20,25)(H,22,23). The summed E-state index contributed by atoms with van der Waals surface area (Å²) in [6.07, 6.45) is 6.87. The van der Waals surface area contributed by atoms with E-state index in [1.807, 2.05) is 12.1 Å². The molecule has 3 aromatic heterocycles. The van der Waals surface area contributed by atoms with Crippen molar-refractivity contribution in [2.75, 3.05) is 24.5 Å². The monoisotopic (exact) mass is 335 g/mol. The Morgan fingerprint density at radius 1 is 1.44 bits per heavy atom. The first-order valence-corrected chi connectivity index (χ1v) is 8.24. The summed E-state index contributed by atoms with van der Waals surface area (Å²) < 4.78 is 0. The molecule has 0 saturated carbocycles. The number of nitriles is 1. The molecule has 25 heavy (non-hydrogen) atoms. The van der Waals surface area contributed by atoms with E-state index in [1.54, 1.807) is 18.7 Å². The summed E-state index contributed by atoms with van der Waals surface area (Å²) in [6.45, 7) is 1.47. The molecule has 1 unspecified atom stereocenters. The third-order valence-electron chi connectivity index (χ3n) is 4.60. The Bertz CT molecular complexity index is 974. The van der Waals surface area contributed by atoms with Gasteiger partial charge in [-0.2, -0.15) is 5.26 Å². The van der Waals surface area contributed by atoms with Crippen LogP contribution in [-0.2, 0) is 4.79 Å². The molecule has 0 aliphatic carbocycles. The maximum absolute atomic E-state index is 12.2. The van der Waals surface area contributed by atoms with Crippen molar-refractivity contribution in [2.24, 2.45) is 5.92 Å². The van der Waals surface area contributed by atoms with Crippen molar-refractivity contribution in [1.29, 1.82) is 5.26 Å². The second-order valence-corrected chi connectivity index (χ2v) is 6.12. The largest absolute Gasteiger partial charge is 0.355 e. The summed E-state index contributed by atoms with van der Waals surface area (Å²) in [7, 11) is 0. The first kappa shape index (κ1) is 15.3. The van der Waals surface area contributed by atoms with Crippen LogP contribution in [0.2, 0.25) is 0 Å². The van der Waals surface area contributed by atoms with E-state index >= 15 is 0 Å². The van der Waals surface area contributed by atoms with Gasteiger partial charge in [0.25, 0.3) is 0 Å². The molecule has 1 aliphatic rings. The molecule has 1 saturated heterocycles. The van der Waals surface area contributed by atoms with Crippen molar-refractivity contribution >= 4 is 33.7 Å². The molecule has 0 bridgehead atoms.